The second kappa shape index (κ2) is 13.7. The van der Waals surface area contributed by atoms with Crippen LogP contribution in [-0.2, 0) is 26.0 Å². The molecule has 0 aliphatic heterocycles. The second-order valence-electron chi connectivity index (χ2n) is 8.31. The number of amides is 2. The van der Waals surface area contributed by atoms with Gasteiger partial charge in [-0.2, -0.15) is 0 Å². The Morgan fingerprint density at radius 2 is 1.56 bits per heavy atom. The Morgan fingerprint density at radius 3 is 2.12 bits per heavy atom. The third-order valence-electron chi connectivity index (χ3n) is 5.62. The van der Waals surface area contributed by atoms with E-state index in [0.717, 1.165) is 12.0 Å². The highest BCUT2D eigenvalue weighted by molar-refractivity contribution is 7.92. The molecule has 1 atom stereocenters. The van der Waals surface area contributed by atoms with Gasteiger partial charge in [0, 0.05) is 26.1 Å². The first-order valence-corrected chi connectivity index (χ1v) is 13.8. The van der Waals surface area contributed by atoms with E-state index in [1.165, 1.54) is 10.6 Å². The predicted molar refractivity (Wildman–Crippen MR) is 137 cm³/mol. The van der Waals surface area contributed by atoms with Crippen LogP contribution in [-0.4, -0.2) is 57.1 Å². The maximum atomic E-state index is 13.3. The Bertz CT molecular complexity index is 997. The molecule has 7 nitrogen and oxygen atoms in total. The van der Waals surface area contributed by atoms with Gasteiger partial charge in [0.2, 0.25) is 21.8 Å². The van der Waals surface area contributed by atoms with Crippen LogP contribution >= 0.6 is 0 Å². The summed E-state index contributed by atoms with van der Waals surface area (Å²) in [5, 5.41) is 2.91. The summed E-state index contributed by atoms with van der Waals surface area (Å²) in [7, 11) is -3.48. The number of anilines is 1. The van der Waals surface area contributed by atoms with Gasteiger partial charge in [-0.15, -0.1) is 0 Å². The molecule has 0 spiro atoms. The highest BCUT2D eigenvalue weighted by Gasteiger charge is 2.28. The molecular formula is C26H37N3O4S. The number of carbonyl (C=O) groups is 2. The van der Waals surface area contributed by atoms with E-state index in [2.05, 4.69) is 5.32 Å². The van der Waals surface area contributed by atoms with E-state index in [0.29, 0.717) is 38.0 Å². The lowest BCUT2D eigenvalue weighted by Gasteiger charge is -2.31. The fraction of sp³-hybridized carbons (Fsp3) is 0.462. The van der Waals surface area contributed by atoms with Crippen molar-refractivity contribution < 1.29 is 18.0 Å². The van der Waals surface area contributed by atoms with Crippen LogP contribution in [0.4, 0.5) is 5.69 Å². The van der Waals surface area contributed by atoms with Gasteiger partial charge in [-0.3, -0.25) is 13.9 Å². The Morgan fingerprint density at radius 1 is 0.941 bits per heavy atom. The van der Waals surface area contributed by atoms with Crippen molar-refractivity contribution in [3.05, 3.63) is 66.2 Å². The molecule has 0 fully saturated rings. The first-order chi connectivity index (χ1) is 16.3. The Kier molecular flexibility index (Phi) is 11.1. The molecule has 0 saturated carbocycles. The zero-order valence-electron chi connectivity index (χ0n) is 20.4. The number of hydrogen-bond donors (Lipinski definition) is 1. The number of para-hydroxylation sites is 1. The summed E-state index contributed by atoms with van der Waals surface area (Å²) >= 11 is 0. The van der Waals surface area contributed by atoms with Crippen molar-refractivity contribution >= 4 is 27.5 Å². The maximum absolute atomic E-state index is 13.3. The molecule has 1 N–H and O–H groups in total. The summed E-state index contributed by atoms with van der Waals surface area (Å²) in [5.74, 6) is -0.288. The Hall–Kier alpha value is -2.87. The van der Waals surface area contributed by atoms with Gasteiger partial charge in [-0.1, -0.05) is 62.4 Å². The van der Waals surface area contributed by atoms with Gasteiger partial charge in [0.05, 0.1) is 11.9 Å². The first-order valence-electron chi connectivity index (χ1n) is 11.9. The van der Waals surface area contributed by atoms with E-state index in [-0.39, 0.29) is 24.8 Å². The SMILES string of the molecule is CCCNC(=O)[C@@H](CC)N(CCc1ccccc1)C(=O)CCCN(c1ccccc1)S(C)(=O)=O. The molecule has 2 rings (SSSR count). The number of carbonyl (C=O) groups excluding carboxylic acids is 2. The minimum absolute atomic E-state index is 0.143. The molecule has 2 aromatic carbocycles. The van der Waals surface area contributed by atoms with Crippen molar-refractivity contribution in [3.63, 3.8) is 0 Å². The monoisotopic (exact) mass is 487 g/mol. The molecule has 2 amide bonds. The van der Waals surface area contributed by atoms with E-state index >= 15 is 0 Å². The molecule has 186 valence electrons. The zero-order valence-corrected chi connectivity index (χ0v) is 21.3. The number of nitrogens with zero attached hydrogens (tertiary/aromatic N) is 2. The first kappa shape index (κ1) is 27.4. The molecule has 0 radical (unpaired) electrons. The average molecular weight is 488 g/mol. The van der Waals surface area contributed by atoms with Crippen molar-refractivity contribution in [1.29, 1.82) is 0 Å². The lowest BCUT2D eigenvalue weighted by Crippen LogP contribution is -2.50. The fourth-order valence-electron chi connectivity index (χ4n) is 3.86. The van der Waals surface area contributed by atoms with Gasteiger partial charge in [-0.05, 0) is 43.4 Å². The van der Waals surface area contributed by atoms with Gasteiger partial charge >= 0.3 is 0 Å². The highest BCUT2D eigenvalue weighted by Crippen LogP contribution is 2.18. The smallest absolute Gasteiger partial charge is 0.242 e. The Labute approximate surface area is 204 Å². The quantitative estimate of drug-likeness (QED) is 0.441. The molecule has 8 heteroatoms. The molecule has 34 heavy (non-hydrogen) atoms. The van der Waals surface area contributed by atoms with Gasteiger partial charge < -0.3 is 10.2 Å². The van der Waals surface area contributed by atoms with E-state index in [4.69, 9.17) is 0 Å². The van der Waals surface area contributed by atoms with Crippen molar-refractivity contribution in [1.82, 2.24) is 10.2 Å². The van der Waals surface area contributed by atoms with Gasteiger partial charge in [0.25, 0.3) is 0 Å². The molecule has 2 aromatic rings. The lowest BCUT2D eigenvalue weighted by molar-refractivity contribution is -0.140. The summed E-state index contributed by atoms with van der Waals surface area (Å²) in [4.78, 5) is 27.7. The number of sulfonamides is 1. The van der Waals surface area contributed by atoms with Crippen LogP contribution in [0.25, 0.3) is 0 Å². The third-order valence-corrected chi connectivity index (χ3v) is 6.81. The van der Waals surface area contributed by atoms with Crippen LogP contribution in [0.5, 0.6) is 0 Å². The lowest BCUT2D eigenvalue weighted by atomic mass is 10.1. The maximum Gasteiger partial charge on any atom is 0.242 e. The van der Waals surface area contributed by atoms with E-state index in [1.807, 2.05) is 50.2 Å². The van der Waals surface area contributed by atoms with Crippen LogP contribution in [0.15, 0.2) is 60.7 Å². The van der Waals surface area contributed by atoms with E-state index in [1.54, 1.807) is 29.2 Å². The molecule has 0 saturated heterocycles. The number of benzene rings is 2. The molecule has 0 bridgehead atoms. The third kappa shape index (κ3) is 8.48. The number of nitrogens with one attached hydrogen (secondary N) is 1. The van der Waals surface area contributed by atoms with Crippen molar-refractivity contribution in [2.24, 2.45) is 0 Å². The normalized spacial score (nSPS) is 12.1. The van der Waals surface area contributed by atoms with Crippen molar-refractivity contribution in [2.75, 3.05) is 30.2 Å². The summed E-state index contributed by atoms with van der Waals surface area (Å²) in [6.45, 7) is 5.07. The summed E-state index contributed by atoms with van der Waals surface area (Å²) < 4.78 is 26.0. The van der Waals surface area contributed by atoms with Crippen LogP contribution in [0.3, 0.4) is 0 Å². The zero-order chi connectivity index (χ0) is 25.0. The molecule has 0 unspecified atom stereocenters. The number of rotatable bonds is 14. The van der Waals surface area contributed by atoms with E-state index < -0.39 is 16.1 Å². The fourth-order valence-corrected chi connectivity index (χ4v) is 4.83. The predicted octanol–water partition coefficient (Wildman–Crippen LogP) is 3.61. The second-order valence-corrected chi connectivity index (χ2v) is 10.2. The van der Waals surface area contributed by atoms with Crippen LogP contribution in [0, 0.1) is 0 Å². The summed E-state index contributed by atoms with van der Waals surface area (Å²) in [5.41, 5.74) is 1.67. The molecule has 0 aliphatic rings. The Balaban J connectivity index is 2.11. The van der Waals surface area contributed by atoms with Crippen LogP contribution in [0.1, 0.15) is 45.1 Å². The summed E-state index contributed by atoms with van der Waals surface area (Å²) in [6, 6.07) is 18.2. The minimum Gasteiger partial charge on any atom is -0.354 e. The topological polar surface area (TPSA) is 86.8 Å². The standard InChI is InChI=1S/C26H37N3O4S/c1-4-19-27-26(31)24(5-2)28(21-18-22-13-8-6-9-14-22)25(30)17-12-20-29(34(3,32)33)23-15-10-7-11-16-23/h6-11,13-16,24H,4-5,12,17-21H2,1-3H3,(H,27,31)/t24-/m1/s1. The number of hydrogen-bond acceptors (Lipinski definition) is 4. The largest absolute Gasteiger partial charge is 0.354 e. The molecular weight excluding hydrogens is 450 g/mol. The molecule has 0 aromatic heterocycles. The van der Waals surface area contributed by atoms with Crippen LogP contribution in [0.2, 0.25) is 0 Å². The average Bonchev–Trinajstić information content (AvgIpc) is 2.83. The highest BCUT2D eigenvalue weighted by atomic mass is 32.2. The van der Waals surface area contributed by atoms with Gasteiger partial charge in [-0.25, -0.2) is 8.42 Å². The summed E-state index contributed by atoms with van der Waals surface area (Å²) in [6.07, 6.45) is 3.65. The van der Waals surface area contributed by atoms with Crippen LogP contribution < -0.4 is 9.62 Å². The minimum atomic E-state index is -3.48. The molecule has 0 heterocycles. The van der Waals surface area contributed by atoms with Crippen molar-refractivity contribution in [3.8, 4) is 0 Å². The van der Waals surface area contributed by atoms with Crippen molar-refractivity contribution in [2.45, 2.75) is 52.0 Å². The molecule has 0 aliphatic carbocycles. The van der Waals surface area contributed by atoms with Gasteiger partial charge in [0.1, 0.15) is 6.04 Å². The van der Waals surface area contributed by atoms with Gasteiger partial charge in [0.15, 0.2) is 0 Å². The van der Waals surface area contributed by atoms with E-state index in [9.17, 15) is 18.0 Å².